The summed E-state index contributed by atoms with van der Waals surface area (Å²) in [6.07, 6.45) is 0. The van der Waals surface area contributed by atoms with Gasteiger partial charge in [0.1, 0.15) is 10.6 Å². The number of ether oxygens (including phenoxy) is 1. The van der Waals surface area contributed by atoms with Crippen LogP contribution in [0.15, 0.2) is 45.8 Å². The number of sulfonamides is 1. The molecule has 0 saturated carbocycles. The van der Waals surface area contributed by atoms with E-state index in [0.29, 0.717) is 10.0 Å². The average Bonchev–Trinajstić information content (AvgIpc) is 2.60. The Bertz CT molecular complexity index is 913. The Balaban J connectivity index is 2.00. The molecule has 2 aromatic rings. The van der Waals surface area contributed by atoms with Crippen molar-refractivity contribution in [2.24, 2.45) is 0 Å². The smallest absolute Gasteiger partial charge is 0.252 e. The lowest BCUT2D eigenvalue weighted by atomic mass is 10.1. The van der Waals surface area contributed by atoms with E-state index in [-0.39, 0.29) is 29.6 Å². The van der Waals surface area contributed by atoms with Gasteiger partial charge in [0.05, 0.1) is 12.7 Å². The molecule has 0 saturated heterocycles. The zero-order valence-corrected chi connectivity index (χ0v) is 17.2. The monoisotopic (exact) mass is 440 g/mol. The Morgan fingerprint density at radius 3 is 2.42 bits per heavy atom. The van der Waals surface area contributed by atoms with E-state index in [4.69, 9.17) is 4.74 Å². The van der Waals surface area contributed by atoms with E-state index >= 15 is 0 Å². The molecule has 2 N–H and O–H groups in total. The van der Waals surface area contributed by atoms with Gasteiger partial charge in [-0.25, -0.2) is 13.1 Å². The van der Waals surface area contributed by atoms with Crippen molar-refractivity contribution in [3.8, 4) is 5.75 Å². The van der Waals surface area contributed by atoms with Gasteiger partial charge in [-0.15, -0.1) is 0 Å². The molecule has 0 atom stereocenters. The molecule has 0 fully saturated rings. The van der Waals surface area contributed by atoms with Gasteiger partial charge in [-0.05, 0) is 65.2 Å². The van der Waals surface area contributed by atoms with Gasteiger partial charge in [0.15, 0.2) is 0 Å². The third kappa shape index (κ3) is 4.84. The van der Waals surface area contributed by atoms with Crippen LogP contribution in [0.2, 0.25) is 0 Å². The third-order valence-electron chi connectivity index (χ3n) is 3.89. The van der Waals surface area contributed by atoms with Crippen LogP contribution in [-0.4, -0.2) is 34.5 Å². The van der Waals surface area contributed by atoms with Crippen molar-refractivity contribution in [3.63, 3.8) is 0 Å². The highest BCUT2D eigenvalue weighted by atomic mass is 79.9. The Labute approximate surface area is 162 Å². The second-order valence-electron chi connectivity index (χ2n) is 5.72. The molecule has 6 nitrogen and oxygen atoms in total. The van der Waals surface area contributed by atoms with E-state index in [1.165, 1.54) is 7.11 Å². The molecule has 0 bridgehead atoms. The summed E-state index contributed by atoms with van der Waals surface area (Å²) in [5.74, 6) is 0.0123. The molecule has 0 aliphatic carbocycles. The number of carbonyl (C=O) groups is 1. The van der Waals surface area contributed by atoms with Crippen LogP contribution < -0.4 is 14.8 Å². The van der Waals surface area contributed by atoms with Gasteiger partial charge in [-0.3, -0.25) is 4.79 Å². The molecule has 0 unspecified atom stereocenters. The minimum atomic E-state index is -3.75. The van der Waals surface area contributed by atoms with Crippen LogP contribution in [0.4, 0.5) is 0 Å². The van der Waals surface area contributed by atoms with E-state index in [1.54, 1.807) is 30.3 Å². The van der Waals surface area contributed by atoms with E-state index in [1.807, 2.05) is 19.9 Å². The summed E-state index contributed by atoms with van der Waals surface area (Å²) in [6, 6.07) is 10.3. The Kier molecular flexibility index (Phi) is 6.80. The second kappa shape index (κ2) is 8.66. The van der Waals surface area contributed by atoms with Crippen LogP contribution in [0.5, 0.6) is 5.75 Å². The molecule has 1 amide bonds. The molecule has 0 spiro atoms. The van der Waals surface area contributed by atoms with Crippen LogP contribution >= 0.6 is 15.9 Å². The first kappa shape index (κ1) is 20.4. The highest BCUT2D eigenvalue weighted by molar-refractivity contribution is 9.10. The normalized spacial score (nSPS) is 11.2. The number of rotatable bonds is 7. The molecule has 0 aliphatic heterocycles. The number of methoxy groups -OCH3 is 1. The SMILES string of the molecule is COc1cc(C)c(C)cc1S(=O)(=O)NCCNC(=O)c1ccccc1Br. The maximum absolute atomic E-state index is 12.5. The molecule has 140 valence electrons. The highest BCUT2D eigenvalue weighted by Gasteiger charge is 2.20. The van der Waals surface area contributed by atoms with Crippen molar-refractivity contribution in [1.29, 1.82) is 0 Å². The minimum Gasteiger partial charge on any atom is -0.495 e. The number of carbonyl (C=O) groups excluding carboxylic acids is 1. The molecule has 0 aliphatic rings. The van der Waals surface area contributed by atoms with Crippen molar-refractivity contribution in [2.75, 3.05) is 20.2 Å². The maximum Gasteiger partial charge on any atom is 0.252 e. The van der Waals surface area contributed by atoms with Crippen LogP contribution in [0.3, 0.4) is 0 Å². The van der Waals surface area contributed by atoms with Gasteiger partial charge in [-0.2, -0.15) is 0 Å². The second-order valence-corrected chi connectivity index (χ2v) is 8.31. The molecular weight excluding hydrogens is 420 g/mol. The van der Waals surface area contributed by atoms with Gasteiger partial charge in [0.2, 0.25) is 10.0 Å². The minimum absolute atomic E-state index is 0.0641. The molecule has 2 aromatic carbocycles. The van der Waals surface area contributed by atoms with Gasteiger partial charge < -0.3 is 10.1 Å². The first-order valence-electron chi connectivity index (χ1n) is 7.94. The van der Waals surface area contributed by atoms with Gasteiger partial charge in [-0.1, -0.05) is 12.1 Å². The van der Waals surface area contributed by atoms with Crippen LogP contribution in [0.25, 0.3) is 0 Å². The van der Waals surface area contributed by atoms with Crippen LogP contribution in [0.1, 0.15) is 21.5 Å². The zero-order chi connectivity index (χ0) is 19.3. The zero-order valence-electron chi connectivity index (χ0n) is 14.8. The Morgan fingerprint density at radius 2 is 1.77 bits per heavy atom. The molecular formula is C18H21BrN2O4S. The molecule has 2 rings (SSSR count). The Morgan fingerprint density at radius 1 is 1.12 bits per heavy atom. The lowest BCUT2D eigenvalue weighted by molar-refractivity contribution is 0.0953. The number of nitrogens with one attached hydrogen (secondary N) is 2. The van der Waals surface area contributed by atoms with Crippen LogP contribution in [-0.2, 0) is 10.0 Å². The molecule has 0 heterocycles. The van der Waals surface area contributed by atoms with Crippen molar-refractivity contribution < 1.29 is 17.9 Å². The summed E-state index contributed by atoms with van der Waals surface area (Å²) >= 11 is 3.31. The molecule has 26 heavy (non-hydrogen) atoms. The largest absolute Gasteiger partial charge is 0.495 e. The predicted octanol–water partition coefficient (Wildman–Crippen LogP) is 2.78. The number of amides is 1. The van der Waals surface area contributed by atoms with E-state index in [2.05, 4.69) is 26.0 Å². The highest BCUT2D eigenvalue weighted by Crippen LogP contribution is 2.27. The van der Waals surface area contributed by atoms with Crippen molar-refractivity contribution in [2.45, 2.75) is 18.7 Å². The molecule has 8 heteroatoms. The number of hydrogen-bond donors (Lipinski definition) is 2. The number of hydrogen-bond acceptors (Lipinski definition) is 4. The maximum atomic E-state index is 12.5. The van der Waals surface area contributed by atoms with Crippen molar-refractivity contribution in [1.82, 2.24) is 10.0 Å². The third-order valence-corrected chi connectivity index (χ3v) is 6.06. The summed E-state index contributed by atoms with van der Waals surface area (Å²) in [5.41, 5.74) is 2.29. The van der Waals surface area contributed by atoms with Gasteiger partial charge in [0, 0.05) is 17.6 Å². The fourth-order valence-electron chi connectivity index (χ4n) is 2.31. The lowest BCUT2D eigenvalue weighted by Gasteiger charge is -2.13. The quantitative estimate of drug-likeness (QED) is 0.648. The van der Waals surface area contributed by atoms with Gasteiger partial charge in [0.25, 0.3) is 5.91 Å². The van der Waals surface area contributed by atoms with E-state index in [0.717, 1.165) is 11.1 Å². The molecule has 0 aromatic heterocycles. The summed E-state index contributed by atoms with van der Waals surface area (Å²) in [4.78, 5) is 12.2. The fraction of sp³-hybridized carbons (Fsp3) is 0.278. The summed E-state index contributed by atoms with van der Waals surface area (Å²) in [7, 11) is -2.32. The lowest BCUT2D eigenvalue weighted by Crippen LogP contribution is -2.35. The van der Waals surface area contributed by atoms with Crippen molar-refractivity contribution in [3.05, 3.63) is 57.6 Å². The fourth-order valence-corrected chi connectivity index (χ4v) is 4.04. The van der Waals surface area contributed by atoms with E-state index < -0.39 is 10.0 Å². The predicted molar refractivity (Wildman–Crippen MR) is 104 cm³/mol. The molecule has 0 radical (unpaired) electrons. The number of halogens is 1. The first-order chi connectivity index (χ1) is 12.3. The summed E-state index contributed by atoms with van der Waals surface area (Å²) in [5, 5.41) is 2.69. The number of benzene rings is 2. The van der Waals surface area contributed by atoms with Crippen molar-refractivity contribution >= 4 is 31.9 Å². The summed E-state index contributed by atoms with van der Waals surface area (Å²) < 4.78 is 33.4. The van der Waals surface area contributed by atoms with E-state index in [9.17, 15) is 13.2 Å². The topological polar surface area (TPSA) is 84.5 Å². The standard InChI is InChI=1S/C18H21BrN2O4S/c1-12-10-16(25-3)17(11-13(12)2)26(23,24)21-9-8-20-18(22)14-6-4-5-7-15(14)19/h4-7,10-11,21H,8-9H2,1-3H3,(H,20,22). The van der Waals surface area contributed by atoms with Gasteiger partial charge >= 0.3 is 0 Å². The summed E-state index contributed by atoms with van der Waals surface area (Å²) in [6.45, 7) is 3.95. The number of aryl methyl sites for hydroxylation is 2. The Hall–Kier alpha value is -1.90. The first-order valence-corrected chi connectivity index (χ1v) is 10.2. The average molecular weight is 441 g/mol. The van der Waals surface area contributed by atoms with Crippen LogP contribution in [0, 0.1) is 13.8 Å².